The van der Waals surface area contributed by atoms with Gasteiger partial charge in [0.25, 0.3) is 0 Å². The van der Waals surface area contributed by atoms with Gasteiger partial charge in [-0.25, -0.2) is 0 Å². The molecule has 27 heavy (non-hydrogen) atoms. The van der Waals surface area contributed by atoms with Crippen LogP contribution in [0, 0.1) is 0 Å². The zero-order valence-corrected chi connectivity index (χ0v) is 15.6. The fourth-order valence-electron chi connectivity index (χ4n) is 3.06. The maximum Gasteiger partial charge on any atom is 0.133 e. The van der Waals surface area contributed by atoms with Gasteiger partial charge in [0, 0.05) is 23.1 Å². The SMILES string of the molecule is COc1ccc2c(c1)OC(c1ccc(Cl)cc1)C/C2=N\Nc1ccccc1. The molecule has 1 aliphatic heterocycles. The average Bonchev–Trinajstić information content (AvgIpc) is 2.72. The second kappa shape index (κ2) is 7.72. The molecule has 1 atom stereocenters. The zero-order valence-electron chi connectivity index (χ0n) is 14.9. The largest absolute Gasteiger partial charge is 0.497 e. The highest BCUT2D eigenvalue weighted by molar-refractivity contribution is 6.30. The Labute approximate surface area is 163 Å². The third-order valence-corrected chi connectivity index (χ3v) is 4.74. The van der Waals surface area contributed by atoms with Gasteiger partial charge in [-0.3, -0.25) is 5.43 Å². The molecule has 1 heterocycles. The van der Waals surface area contributed by atoms with E-state index >= 15 is 0 Å². The molecular weight excluding hydrogens is 360 g/mol. The van der Waals surface area contributed by atoms with E-state index in [1.165, 1.54) is 0 Å². The normalized spacial score (nSPS) is 17.1. The molecule has 4 nitrogen and oxygen atoms in total. The summed E-state index contributed by atoms with van der Waals surface area (Å²) < 4.78 is 11.6. The summed E-state index contributed by atoms with van der Waals surface area (Å²) in [7, 11) is 1.65. The first-order chi connectivity index (χ1) is 13.2. The lowest BCUT2D eigenvalue weighted by Gasteiger charge is -2.28. The molecule has 3 aromatic rings. The lowest BCUT2D eigenvalue weighted by atomic mass is 9.95. The number of nitrogens with one attached hydrogen (secondary N) is 1. The molecule has 1 unspecified atom stereocenters. The number of fused-ring (bicyclic) bond motifs is 1. The lowest BCUT2D eigenvalue weighted by molar-refractivity contribution is 0.205. The molecule has 136 valence electrons. The quantitative estimate of drug-likeness (QED) is 0.593. The van der Waals surface area contributed by atoms with Crippen LogP contribution < -0.4 is 14.9 Å². The van der Waals surface area contributed by atoms with Crippen LogP contribution in [-0.2, 0) is 0 Å². The first kappa shape index (κ1) is 17.4. The van der Waals surface area contributed by atoms with Gasteiger partial charge in [0.05, 0.1) is 18.5 Å². The van der Waals surface area contributed by atoms with Crippen molar-refractivity contribution in [1.29, 1.82) is 0 Å². The Hall–Kier alpha value is -2.98. The van der Waals surface area contributed by atoms with E-state index in [9.17, 15) is 0 Å². The predicted octanol–water partition coefficient (Wildman–Crippen LogP) is 5.69. The first-order valence-corrected chi connectivity index (χ1v) is 9.09. The van der Waals surface area contributed by atoms with Gasteiger partial charge < -0.3 is 9.47 Å². The highest BCUT2D eigenvalue weighted by atomic mass is 35.5. The molecule has 0 radical (unpaired) electrons. The summed E-state index contributed by atoms with van der Waals surface area (Å²) in [6.45, 7) is 0. The number of ether oxygens (including phenoxy) is 2. The smallest absolute Gasteiger partial charge is 0.133 e. The maximum atomic E-state index is 6.25. The summed E-state index contributed by atoms with van der Waals surface area (Å²) in [4.78, 5) is 0. The van der Waals surface area contributed by atoms with Crippen molar-refractivity contribution in [2.75, 3.05) is 12.5 Å². The highest BCUT2D eigenvalue weighted by Gasteiger charge is 2.27. The van der Waals surface area contributed by atoms with Crippen molar-refractivity contribution in [3.8, 4) is 11.5 Å². The number of hydrazone groups is 1. The van der Waals surface area contributed by atoms with Crippen molar-refractivity contribution in [2.24, 2.45) is 5.10 Å². The van der Waals surface area contributed by atoms with E-state index in [0.717, 1.165) is 34.0 Å². The second-order valence-electron chi connectivity index (χ2n) is 6.26. The maximum absolute atomic E-state index is 6.25. The average molecular weight is 379 g/mol. The molecule has 3 aromatic carbocycles. The Bertz CT molecular complexity index is 956. The Morgan fingerprint density at radius 1 is 1.04 bits per heavy atom. The van der Waals surface area contributed by atoms with E-state index in [2.05, 4.69) is 10.5 Å². The van der Waals surface area contributed by atoms with Crippen LogP contribution in [-0.4, -0.2) is 12.8 Å². The van der Waals surface area contributed by atoms with Gasteiger partial charge >= 0.3 is 0 Å². The van der Waals surface area contributed by atoms with Crippen molar-refractivity contribution < 1.29 is 9.47 Å². The molecule has 0 fully saturated rings. The first-order valence-electron chi connectivity index (χ1n) is 8.71. The minimum absolute atomic E-state index is 0.141. The van der Waals surface area contributed by atoms with Gasteiger partial charge in [0.15, 0.2) is 0 Å². The summed E-state index contributed by atoms with van der Waals surface area (Å²) in [5.41, 5.74) is 7.04. The van der Waals surface area contributed by atoms with Crippen molar-refractivity contribution >= 4 is 23.0 Å². The van der Waals surface area contributed by atoms with Crippen molar-refractivity contribution in [1.82, 2.24) is 0 Å². The van der Waals surface area contributed by atoms with Crippen LogP contribution in [0.1, 0.15) is 23.7 Å². The number of anilines is 1. The minimum Gasteiger partial charge on any atom is -0.497 e. The van der Waals surface area contributed by atoms with Crippen LogP contribution in [0.25, 0.3) is 0 Å². The number of nitrogens with zero attached hydrogens (tertiary/aromatic N) is 1. The van der Waals surface area contributed by atoms with E-state index in [1.54, 1.807) is 7.11 Å². The van der Waals surface area contributed by atoms with Gasteiger partial charge in [-0.1, -0.05) is 41.9 Å². The van der Waals surface area contributed by atoms with Crippen LogP contribution in [0.4, 0.5) is 5.69 Å². The number of rotatable bonds is 4. The number of hydrogen-bond acceptors (Lipinski definition) is 4. The summed E-state index contributed by atoms with van der Waals surface area (Å²) in [5.74, 6) is 1.51. The predicted molar refractivity (Wildman–Crippen MR) is 109 cm³/mol. The number of methoxy groups -OCH3 is 1. The van der Waals surface area contributed by atoms with E-state index in [4.69, 9.17) is 21.1 Å². The number of hydrogen-bond donors (Lipinski definition) is 1. The minimum atomic E-state index is -0.141. The molecule has 1 aliphatic rings. The van der Waals surface area contributed by atoms with E-state index in [0.29, 0.717) is 11.4 Å². The monoisotopic (exact) mass is 378 g/mol. The standard InChI is InChI=1S/C22H19ClN2O2/c1-26-18-11-12-19-20(25-24-17-5-3-2-4-6-17)14-21(27-22(19)13-18)15-7-9-16(23)10-8-15/h2-13,21,24H,14H2,1H3/b25-20+. The Kier molecular flexibility index (Phi) is 4.99. The van der Waals surface area contributed by atoms with Crippen LogP contribution in [0.5, 0.6) is 11.5 Å². The Balaban J connectivity index is 1.69. The zero-order chi connectivity index (χ0) is 18.6. The van der Waals surface area contributed by atoms with Gasteiger partial charge in [-0.15, -0.1) is 0 Å². The molecule has 0 aliphatic carbocycles. The van der Waals surface area contributed by atoms with E-state index < -0.39 is 0 Å². The van der Waals surface area contributed by atoms with Crippen LogP contribution in [0.2, 0.25) is 5.02 Å². The van der Waals surface area contributed by atoms with Crippen molar-refractivity contribution in [3.05, 3.63) is 88.9 Å². The molecule has 1 N–H and O–H groups in total. The van der Waals surface area contributed by atoms with Crippen LogP contribution >= 0.6 is 11.6 Å². The lowest BCUT2D eigenvalue weighted by Crippen LogP contribution is -2.22. The van der Waals surface area contributed by atoms with Crippen molar-refractivity contribution in [3.63, 3.8) is 0 Å². The molecule has 4 rings (SSSR count). The second-order valence-corrected chi connectivity index (χ2v) is 6.70. The molecule has 0 bridgehead atoms. The summed E-state index contributed by atoms with van der Waals surface area (Å²) in [6.07, 6.45) is 0.513. The summed E-state index contributed by atoms with van der Waals surface area (Å²) in [5, 5.41) is 5.37. The third-order valence-electron chi connectivity index (χ3n) is 4.48. The van der Waals surface area contributed by atoms with Gasteiger partial charge in [-0.05, 0) is 42.0 Å². The van der Waals surface area contributed by atoms with Gasteiger partial charge in [0.1, 0.15) is 17.6 Å². The Morgan fingerprint density at radius 2 is 1.81 bits per heavy atom. The third kappa shape index (κ3) is 3.91. The van der Waals surface area contributed by atoms with Gasteiger partial charge in [0.2, 0.25) is 0 Å². The van der Waals surface area contributed by atoms with E-state index in [-0.39, 0.29) is 6.10 Å². The highest BCUT2D eigenvalue weighted by Crippen LogP contribution is 2.37. The molecule has 0 saturated carbocycles. The summed E-state index contributed by atoms with van der Waals surface area (Å²) >= 11 is 6.03. The molecular formula is C22H19ClN2O2. The number of halogens is 1. The Morgan fingerprint density at radius 3 is 2.56 bits per heavy atom. The molecule has 0 amide bonds. The fraction of sp³-hybridized carbons (Fsp3) is 0.136. The number of para-hydroxylation sites is 1. The molecule has 0 aromatic heterocycles. The number of benzene rings is 3. The van der Waals surface area contributed by atoms with Crippen LogP contribution in [0.3, 0.4) is 0 Å². The fourth-order valence-corrected chi connectivity index (χ4v) is 3.19. The molecule has 0 spiro atoms. The van der Waals surface area contributed by atoms with Crippen LogP contribution in [0.15, 0.2) is 77.9 Å². The topological polar surface area (TPSA) is 42.9 Å². The van der Waals surface area contributed by atoms with Crippen molar-refractivity contribution in [2.45, 2.75) is 12.5 Å². The molecule has 5 heteroatoms. The molecule has 0 saturated heterocycles. The summed E-state index contributed by atoms with van der Waals surface area (Å²) in [6, 6.07) is 23.4. The van der Waals surface area contributed by atoms with E-state index in [1.807, 2.05) is 72.8 Å². The van der Waals surface area contributed by atoms with Gasteiger partial charge in [-0.2, -0.15) is 5.10 Å².